The van der Waals surface area contributed by atoms with Gasteiger partial charge < -0.3 is 20.9 Å². The predicted molar refractivity (Wildman–Crippen MR) is 77.6 cm³/mol. The number of rotatable bonds is 6. The molecule has 0 saturated carbocycles. The molecule has 0 radical (unpaired) electrons. The third-order valence-corrected chi connectivity index (χ3v) is 2.93. The topological polar surface area (TPSA) is 115 Å². The van der Waals surface area contributed by atoms with Crippen molar-refractivity contribution < 1.29 is 19.4 Å². The molecule has 0 spiro atoms. The Balaban J connectivity index is 2.49. The minimum Gasteiger partial charge on any atom is -0.478 e. The van der Waals surface area contributed by atoms with E-state index in [1.165, 1.54) is 6.07 Å². The van der Waals surface area contributed by atoms with Crippen molar-refractivity contribution in [2.75, 3.05) is 25.6 Å². The number of fused-ring (bicyclic) bond motifs is 1. The Bertz CT molecular complexity index is 700. The second kappa shape index (κ2) is 6.19. The van der Waals surface area contributed by atoms with Crippen molar-refractivity contribution in [1.29, 1.82) is 0 Å². The summed E-state index contributed by atoms with van der Waals surface area (Å²) in [5, 5.41) is 12.8. The molecule has 0 aliphatic rings. The van der Waals surface area contributed by atoms with Gasteiger partial charge in [-0.25, -0.2) is 9.78 Å². The van der Waals surface area contributed by atoms with Gasteiger partial charge in [0.25, 0.3) is 5.91 Å². The normalized spacial score (nSPS) is 10.5. The first-order valence-electron chi connectivity index (χ1n) is 6.23. The summed E-state index contributed by atoms with van der Waals surface area (Å²) in [6.07, 6.45) is 0. The van der Waals surface area contributed by atoms with Crippen molar-refractivity contribution in [3.63, 3.8) is 0 Å². The highest BCUT2D eigenvalue weighted by atomic mass is 16.5. The number of aromatic nitrogens is 1. The molecule has 0 atom stereocenters. The van der Waals surface area contributed by atoms with Crippen molar-refractivity contribution in [3.8, 4) is 0 Å². The zero-order chi connectivity index (χ0) is 15.4. The van der Waals surface area contributed by atoms with Crippen LogP contribution in [0.3, 0.4) is 0 Å². The standard InChI is InChI=1S/C14H15N3O4/c1-21-5-4-16-8-2-3-11-9(6-8)10(14(19)20)7-12(17-11)13(15)18/h2-3,6-7,16H,4-5H2,1H3,(H2,15,18)(H,19,20). The smallest absolute Gasteiger partial charge is 0.336 e. The molecule has 2 aromatic rings. The predicted octanol–water partition coefficient (Wildman–Crippen LogP) is 1.09. The van der Waals surface area contributed by atoms with E-state index >= 15 is 0 Å². The number of pyridine rings is 1. The largest absolute Gasteiger partial charge is 0.478 e. The molecule has 0 fully saturated rings. The van der Waals surface area contributed by atoms with E-state index in [2.05, 4.69) is 10.3 Å². The molecule has 7 heteroatoms. The van der Waals surface area contributed by atoms with Crippen LogP contribution in [0.25, 0.3) is 10.9 Å². The van der Waals surface area contributed by atoms with Gasteiger partial charge in [-0.1, -0.05) is 0 Å². The third-order valence-electron chi connectivity index (χ3n) is 2.93. The highest BCUT2D eigenvalue weighted by Crippen LogP contribution is 2.22. The van der Waals surface area contributed by atoms with Gasteiger partial charge in [-0.15, -0.1) is 0 Å². The number of ether oxygens (including phenoxy) is 1. The summed E-state index contributed by atoms with van der Waals surface area (Å²) >= 11 is 0. The van der Waals surface area contributed by atoms with E-state index in [-0.39, 0.29) is 11.3 Å². The summed E-state index contributed by atoms with van der Waals surface area (Å²) in [4.78, 5) is 26.6. The maximum atomic E-state index is 11.3. The Morgan fingerprint density at radius 3 is 2.76 bits per heavy atom. The number of carbonyl (C=O) groups excluding carboxylic acids is 1. The lowest BCUT2D eigenvalue weighted by atomic mass is 10.1. The number of amides is 1. The molecule has 0 aliphatic heterocycles. The van der Waals surface area contributed by atoms with Crippen molar-refractivity contribution in [2.24, 2.45) is 5.73 Å². The van der Waals surface area contributed by atoms with E-state index in [1.807, 2.05) is 0 Å². The molecule has 1 heterocycles. The Kier molecular flexibility index (Phi) is 4.34. The number of anilines is 1. The lowest BCUT2D eigenvalue weighted by Crippen LogP contribution is -2.15. The fourth-order valence-corrected chi connectivity index (χ4v) is 1.94. The number of methoxy groups -OCH3 is 1. The second-order valence-corrected chi connectivity index (χ2v) is 4.38. The van der Waals surface area contributed by atoms with E-state index in [0.29, 0.717) is 24.1 Å². The Morgan fingerprint density at radius 1 is 1.38 bits per heavy atom. The molecule has 4 N–H and O–H groups in total. The van der Waals surface area contributed by atoms with Gasteiger partial charge in [0.15, 0.2) is 0 Å². The number of carboxylic acids is 1. The number of nitrogens with one attached hydrogen (secondary N) is 1. The van der Waals surface area contributed by atoms with Crippen molar-refractivity contribution >= 4 is 28.5 Å². The zero-order valence-electron chi connectivity index (χ0n) is 11.4. The molecular weight excluding hydrogens is 274 g/mol. The summed E-state index contributed by atoms with van der Waals surface area (Å²) in [5.74, 6) is -1.90. The van der Waals surface area contributed by atoms with Gasteiger partial charge in [-0.05, 0) is 24.3 Å². The van der Waals surface area contributed by atoms with Gasteiger partial charge in [0.05, 0.1) is 17.7 Å². The molecule has 1 amide bonds. The Morgan fingerprint density at radius 2 is 2.14 bits per heavy atom. The van der Waals surface area contributed by atoms with Crippen LogP contribution in [0.5, 0.6) is 0 Å². The Labute approximate surface area is 120 Å². The number of carbonyl (C=O) groups is 2. The number of benzene rings is 1. The van der Waals surface area contributed by atoms with E-state index in [1.54, 1.807) is 25.3 Å². The van der Waals surface area contributed by atoms with Crippen LogP contribution in [0.1, 0.15) is 20.8 Å². The molecule has 21 heavy (non-hydrogen) atoms. The summed E-state index contributed by atoms with van der Waals surface area (Å²) < 4.78 is 4.93. The molecular formula is C14H15N3O4. The van der Waals surface area contributed by atoms with Crippen LogP contribution >= 0.6 is 0 Å². The summed E-state index contributed by atoms with van der Waals surface area (Å²) in [5.41, 5.74) is 6.23. The molecule has 0 saturated heterocycles. The first kappa shape index (κ1) is 14.7. The average molecular weight is 289 g/mol. The Hall–Kier alpha value is -2.67. The highest BCUT2D eigenvalue weighted by molar-refractivity contribution is 6.06. The van der Waals surface area contributed by atoms with Crippen LogP contribution in [0.4, 0.5) is 5.69 Å². The number of hydrogen-bond donors (Lipinski definition) is 3. The van der Waals surface area contributed by atoms with Gasteiger partial charge in [-0.3, -0.25) is 4.79 Å². The summed E-state index contributed by atoms with van der Waals surface area (Å²) in [6, 6.07) is 6.25. The molecule has 7 nitrogen and oxygen atoms in total. The molecule has 2 rings (SSSR count). The van der Waals surface area contributed by atoms with Crippen LogP contribution in [-0.2, 0) is 4.74 Å². The van der Waals surface area contributed by atoms with Gasteiger partial charge in [0, 0.05) is 24.7 Å². The lowest BCUT2D eigenvalue weighted by Gasteiger charge is -2.09. The van der Waals surface area contributed by atoms with Crippen molar-refractivity contribution in [3.05, 3.63) is 35.5 Å². The van der Waals surface area contributed by atoms with Crippen LogP contribution in [0.15, 0.2) is 24.3 Å². The monoisotopic (exact) mass is 289 g/mol. The second-order valence-electron chi connectivity index (χ2n) is 4.38. The first-order valence-corrected chi connectivity index (χ1v) is 6.23. The molecule has 110 valence electrons. The molecule has 1 aromatic heterocycles. The van der Waals surface area contributed by atoms with E-state index < -0.39 is 11.9 Å². The van der Waals surface area contributed by atoms with Gasteiger partial charge >= 0.3 is 5.97 Å². The van der Waals surface area contributed by atoms with Gasteiger partial charge in [0.2, 0.25) is 0 Å². The first-order chi connectivity index (χ1) is 10.0. The number of nitrogens with zero attached hydrogens (tertiary/aromatic N) is 1. The zero-order valence-corrected chi connectivity index (χ0v) is 11.4. The fraction of sp³-hybridized carbons (Fsp3) is 0.214. The van der Waals surface area contributed by atoms with E-state index in [4.69, 9.17) is 10.5 Å². The fourth-order valence-electron chi connectivity index (χ4n) is 1.94. The van der Waals surface area contributed by atoms with Gasteiger partial charge in [-0.2, -0.15) is 0 Å². The maximum Gasteiger partial charge on any atom is 0.336 e. The van der Waals surface area contributed by atoms with E-state index in [0.717, 1.165) is 5.69 Å². The van der Waals surface area contributed by atoms with Crippen LogP contribution in [0.2, 0.25) is 0 Å². The molecule has 0 aliphatic carbocycles. The third kappa shape index (κ3) is 3.26. The van der Waals surface area contributed by atoms with Crippen molar-refractivity contribution in [2.45, 2.75) is 0 Å². The lowest BCUT2D eigenvalue weighted by molar-refractivity contribution is 0.0699. The number of carboxylic acid groups (broad SMARTS) is 1. The minimum absolute atomic E-state index is 0.0100. The van der Waals surface area contributed by atoms with Crippen LogP contribution in [0, 0.1) is 0 Å². The maximum absolute atomic E-state index is 11.3. The van der Waals surface area contributed by atoms with Crippen LogP contribution in [-0.4, -0.2) is 42.2 Å². The number of aromatic carboxylic acids is 1. The number of nitrogens with two attached hydrogens (primary N) is 1. The number of primary amides is 1. The van der Waals surface area contributed by atoms with Gasteiger partial charge in [0.1, 0.15) is 5.69 Å². The minimum atomic E-state index is -1.14. The van der Waals surface area contributed by atoms with Crippen molar-refractivity contribution in [1.82, 2.24) is 4.98 Å². The van der Waals surface area contributed by atoms with Crippen LogP contribution < -0.4 is 11.1 Å². The highest BCUT2D eigenvalue weighted by Gasteiger charge is 2.14. The molecule has 0 bridgehead atoms. The average Bonchev–Trinajstić information content (AvgIpc) is 2.46. The summed E-state index contributed by atoms with van der Waals surface area (Å²) in [6.45, 7) is 1.12. The molecule has 0 unspecified atom stereocenters. The van der Waals surface area contributed by atoms with E-state index in [9.17, 15) is 14.7 Å². The quantitative estimate of drug-likeness (QED) is 0.686. The summed E-state index contributed by atoms with van der Waals surface area (Å²) in [7, 11) is 1.60. The SMILES string of the molecule is COCCNc1ccc2nc(C(N)=O)cc(C(=O)O)c2c1. The molecule has 1 aromatic carbocycles. The number of hydrogen-bond acceptors (Lipinski definition) is 5.